The maximum atomic E-state index is 11.6. The van der Waals surface area contributed by atoms with Crippen molar-refractivity contribution in [2.75, 3.05) is 19.0 Å². The van der Waals surface area contributed by atoms with E-state index in [0.717, 1.165) is 10.2 Å². The van der Waals surface area contributed by atoms with E-state index in [-0.39, 0.29) is 18.1 Å². The largest absolute Gasteiger partial charge is 0.496 e. The summed E-state index contributed by atoms with van der Waals surface area (Å²) in [5.74, 6) is 0.543. The second-order valence-electron chi connectivity index (χ2n) is 4.80. The second kappa shape index (κ2) is 6.20. The summed E-state index contributed by atoms with van der Waals surface area (Å²) in [5, 5.41) is 2.76. The highest BCUT2D eigenvalue weighted by molar-refractivity contribution is 9.10. The van der Waals surface area contributed by atoms with Gasteiger partial charge in [-0.1, -0.05) is 0 Å². The van der Waals surface area contributed by atoms with Gasteiger partial charge in [-0.15, -0.1) is 0 Å². The van der Waals surface area contributed by atoms with Crippen LogP contribution in [-0.2, 0) is 9.53 Å². The van der Waals surface area contributed by atoms with Gasteiger partial charge in [-0.05, 0) is 54.9 Å². The van der Waals surface area contributed by atoms with Gasteiger partial charge in [0.15, 0.2) is 0 Å². The summed E-state index contributed by atoms with van der Waals surface area (Å²) >= 11 is 3.36. The van der Waals surface area contributed by atoms with Crippen molar-refractivity contribution < 1.29 is 14.3 Å². The number of hydrogen-bond donors (Lipinski definition) is 1. The first-order valence-electron chi connectivity index (χ1n) is 5.59. The van der Waals surface area contributed by atoms with Gasteiger partial charge >= 0.3 is 0 Å². The standard InChI is InChI=1S/C13H18BrNO3/c1-13(2,3)18-8-12(16)15-9-5-6-11(17-4)10(14)7-9/h5-7H,8H2,1-4H3,(H,15,16). The minimum absolute atomic E-state index is 0.0349. The van der Waals surface area contributed by atoms with E-state index < -0.39 is 0 Å². The van der Waals surface area contributed by atoms with Crippen molar-refractivity contribution in [2.45, 2.75) is 26.4 Å². The number of methoxy groups -OCH3 is 1. The molecule has 100 valence electrons. The molecule has 1 aromatic rings. The normalized spacial score (nSPS) is 11.2. The molecule has 0 heterocycles. The van der Waals surface area contributed by atoms with Gasteiger partial charge in [-0.25, -0.2) is 0 Å². The Hall–Kier alpha value is -1.07. The van der Waals surface area contributed by atoms with Gasteiger partial charge in [0.25, 0.3) is 0 Å². The highest BCUT2D eigenvalue weighted by Gasteiger charge is 2.13. The number of anilines is 1. The fourth-order valence-electron chi connectivity index (χ4n) is 1.22. The van der Waals surface area contributed by atoms with E-state index in [1.54, 1.807) is 25.3 Å². The van der Waals surface area contributed by atoms with Crippen molar-refractivity contribution in [2.24, 2.45) is 0 Å². The van der Waals surface area contributed by atoms with Crippen LogP contribution in [0.3, 0.4) is 0 Å². The maximum absolute atomic E-state index is 11.6. The predicted molar refractivity (Wildman–Crippen MR) is 75.0 cm³/mol. The SMILES string of the molecule is COc1ccc(NC(=O)COC(C)(C)C)cc1Br. The molecule has 1 rings (SSSR count). The number of ether oxygens (including phenoxy) is 2. The molecule has 18 heavy (non-hydrogen) atoms. The third kappa shape index (κ3) is 5.06. The zero-order valence-corrected chi connectivity index (χ0v) is 12.6. The van der Waals surface area contributed by atoms with Crippen molar-refractivity contribution >= 4 is 27.5 Å². The number of carbonyl (C=O) groups excluding carboxylic acids is 1. The molecule has 0 aliphatic carbocycles. The van der Waals surface area contributed by atoms with Crippen molar-refractivity contribution in [1.82, 2.24) is 0 Å². The van der Waals surface area contributed by atoms with E-state index in [2.05, 4.69) is 21.2 Å². The number of amides is 1. The zero-order valence-electron chi connectivity index (χ0n) is 11.0. The lowest BCUT2D eigenvalue weighted by molar-refractivity contribution is -0.125. The van der Waals surface area contributed by atoms with E-state index >= 15 is 0 Å². The molecule has 1 N–H and O–H groups in total. The Labute approximate surface area is 116 Å². The lowest BCUT2D eigenvalue weighted by atomic mass is 10.2. The molecule has 1 amide bonds. The molecule has 0 saturated carbocycles. The van der Waals surface area contributed by atoms with E-state index in [1.165, 1.54) is 0 Å². The summed E-state index contributed by atoms with van der Waals surface area (Å²) in [4.78, 5) is 11.6. The third-order valence-electron chi connectivity index (χ3n) is 2.07. The molecule has 5 heteroatoms. The van der Waals surface area contributed by atoms with Crippen molar-refractivity contribution in [3.8, 4) is 5.75 Å². The summed E-state index contributed by atoms with van der Waals surface area (Å²) in [5.41, 5.74) is 0.378. The molecule has 1 aromatic carbocycles. The van der Waals surface area contributed by atoms with Crippen LogP contribution in [0, 0.1) is 0 Å². The average molecular weight is 316 g/mol. The summed E-state index contributed by atoms with van der Waals surface area (Å²) in [7, 11) is 1.59. The quantitative estimate of drug-likeness (QED) is 0.928. The van der Waals surface area contributed by atoms with Gasteiger partial charge in [-0.3, -0.25) is 4.79 Å². The molecule has 0 fully saturated rings. The van der Waals surface area contributed by atoms with E-state index in [9.17, 15) is 4.79 Å². The molecule has 0 saturated heterocycles. The van der Waals surface area contributed by atoms with E-state index in [0.29, 0.717) is 5.69 Å². The van der Waals surface area contributed by atoms with Crippen LogP contribution < -0.4 is 10.1 Å². The number of rotatable bonds is 4. The Morgan fingerprint density at radius 3 is 2.56 bits per heavy atom. The molecule has 0 aliphatic heterocycles. The molecule has 0 atom stereocenters. The molecule has 4 nitrogen and oxygen atoms in total. The molecule has 0 aromatic heterocycles. The van der Waals surface area contributed by atoms with Crippen LogP contribution in [0.5, 0.6) is 5.75 Å². The third-order valence-corrected chi connectivity index (χ3v) is 2.69. The van der Waals surface area contributed by atoms with Crippen LogP contribution >= 0.6 is 15.9 Å². The summed E-state index contributed by atoms with van der Waals surface area (Å²) in [6.45, 7) is 5.76. The highest BCUT2D eigenvalue weighted by atomic mass is 79.9. The van der Waals surface area contributed by atoms with Crippen molar-refractivity contribution in [3.05, 3.63) is 22.7 Å². The van der Waals surface area contributed by atoms with Crippen LogP contribution in [-0.4, -0.2) is 25.2 Å². The number of halogens is 1. The van der Waals surface area contributed by atoms with Gasteiger partial charge in [-0.2, -0.15) is 0 Å². The molecule has 0 aliphatic rings. The first kappa shape index (κ1) is 15.0. The number of benzene rings is 1. The first-order valence-corrected chi connectivity index (χ1v) is 6.38. The monoisotopic (exact) mass is 315 g/mol. The maximum Gasteiger partial charge on any atom is 0.250 e. The minimum Gasteiger partial charge on any atom is -0.496 e. The Balaban J connectivity index is 2.57. The number of nitrogens with one attached hydrogen (secondary N) is 1. The van der Waals surface area contributed by atoms with Crippen LogP contribution in [0.4, 0.5) is 5.69 Å². The zero-order chi connectivity index (χ0) is 13.8. The number of hydrogen-bond acceptors (Lipinski definition) is 3. The lowest BCUT2D eigenvalue weighted by Crippen LogP contribution is -2.27. The lowest BCUT2D eigenvalue weighted by Gasteiger charge is -2.19. The van der Waals surface area contributed by atoms with Gasteiger partial charge in [0, 0.05) is 5.69 Å². The van der Waals surface area contributed by atoms with Crippen molar-refractivity contribution in [1.29, 1.82) is 0 Å². The Kier molecular flexibility index (Phi) is 5.16. The fraction of sp³-hybridized carbons (Fsp3) is 0.462. The highest BCUT2D eigenvalue weighted by Crippen LogP contribution is 2.27. The van der Waals surface area contributed by atoms with Gasteiger partial charge in [0.2, 0.25) is 5.91 Å². The van der Waals surface area contributed by atoms with Gasteiger partial charge < -0.3 is 14.8 Å². The molecular weight excluding hydrogens is 298 g/mol. The molecular formula is C13H18BrNO3. The fourth-order valence-corrected chi connectivity index (χ4v) is 1.76. The van der Waals surface area contributed by atoms with E-state index in [1.807, 2.05) is 20.8 Å². The molecule has 0 unspecified atom stereocenters. The predicted octanol–water partition coefficient (Wildman–Crippen LogP) is 3.21. The first-order chi connectivity index (χ1) is 8.31. The van der Waals surface area contributed by atoms with E-state index in [4.69, 9.17) is 9.47 Å². The van der Waals surface area contributed by atoms with Crippen LogP contribution in [0.25, 0.3) is 0 Å². The second-order valence-corrected chi connectivity index (χ2v) is 5.65. The van der Waals surface area contributed by atoms with Crippen LogP contribution in [0.2, 0.25) is 0 Å². The minimum atomic E-state index is -0.322. The Morgan fingerprint density at radius 1 is 1.39 bits per heavy atom. The van der Waals surface area contributed by atoms with Crippen molar-refractivity contribution in [3.63, 3.8) is 0 Å². The summed E-state index contributed by atoms with van der Waals surface area (Å²) in [6.07, 6.45) is 0. The summed E-state index contributed by atoms with van der Waals surface area (Å²) in [6, 6.07) is 5.34. The van der Waals surface area contributed by atoms with Crippen LogP contribution in [0.15, 0.2) is 22.7 Å². The smallest absolute Gasteiger partial charge is 0.250 e. The topological polar surface area (TPSA) is 47.6 Å². The Morgan fingerprint density at radius 2 is 2.06 bits per heavy atom. The average Bonchev–Trinajstić information content (AvgIpc) is 2.26. The van der Waals surface area contributed by atoms with Gasteiger partial charge in [0.1, 0.15) is 12.4 Å². The molecule has 0 radical (unpaired) electrons. The Bertz CT molecular complexity index is 427. The molecule has 0 spiro atoms. The molecule has 0 bridgehead atoms. The number of carbonyl (C=O) groups is 1. The van der Waals surface area contributed by atoms with Gasteiger partial charge in [0.05, 0.1) is 17.2 Å². The summed E-state index contributed by atoms with van der Waals surface area (Å²) < 4.78 is 11.3. The van der Waals surface area contributed by atoms with Crippen LogP contribution in [0.1, 0.15) is 20.8 Å².